The number of carboxylic acids is 1. The Bertz CT molecular complexity index is 2230. The van der Waals surface area contributed by atoms with Gasteiger partial charge in [-0.05, 0) is 35.7 Å². The number of benzene rings is 3. The zero-order valence-corrected chi connectivity index (χ0v) is 32.2. The van der Waals surface area contributed by atoms with Crippen molar-refractivity contribution in [3.8, 4) is 0 Å². The molecule has 18 heteroatoms. The summed E-state index contributed by atoms with van der Waals surface area (Å²) in [5, 5.41) is 32.9. The SMILES string of the molecule is C[C@@H](N)C(=O)N(C)[C@@H](C)[C@H](NC(=O)[C@@H](Cc1ccccc1)NC(=O)N[C@@H](Cc1ccc2ccccc2c1)C(=O)O)C(=O)NC[C@H]1C[C@@H](O)[C@H](n2ccc(=O)[nH]c2=O)O1. The van der Waals surface area contributed by atoms with Gasteiger partial charge in [-0.25, -0.2) is 14.4 Å². The fourth-order valence-corrected chi connectivity index (χ4v) is 6.69. The van der Waals surface area contributed by atoms with E-state index in [0.717, 1.165) is 21.4 Å². The van der Waals surface area contributed by atoms with E-state index >= 15 is 0 Å². The van der Waals surface area contributed by atoms with Crippen LogP contribution in [-0.2, 0) is 36.8 Å². The smallest absolute Gasteiger partial charge is 0.330 e. The molecule has 1 aliphatic heterocycles. The standard InChI is InChI=1S/C40H48N8O10/c1-22(41)36(53)47(3)23(2)33(35(52)42-21-28-20-31(49)37(58-28)48-16-15-32(50)45-40(48)57)46-34(51)29(18-24-9-5-4-6-10-24)43-39(56)44-30(38(54)55)19-25-13-14-26-11-7-8-12-27(26)17-25/h4-17,22-23,28-31,33,37,49H,18-21,41H2,1-3H3,(H,42,52)(H,46,51)(H,54,55)(H2,43,44,56)(H,45,50,57)/t22-,23+,28-,29-,30+,31-,33+,37-/m1/s1. The molecule has 308 valence electrons. The van der Waals surface area contributed by atoms with Crippen molar-refractivity contribution < 1.29 is 38.9 Å². The summed E-state index contributed by atoms with van der Waals surface area (Å²) in [4.78, 5) is 93.9. The van der Waals surface area contributed by atoms with Crippen molar-refractivity contribution in [2.24, 2.45) is 5.73 Å². The monoisotopic (exact) mass is 800 g/mol. The second-order valence-corrected chi connectivity index (χ2v) is 14.3. The van der Waals surface area contributed by atoms with Gasteiger partial charge in [-0.15, -0.1) is 0 Å². The maximum atomic E-state index is 14.1. The largest absolute Gasteiger partial charge is 0.480 e. The molecule has 1 aliphatic rings. The molecule has 5 rings (SSSR count). The van der Waals surface area contributed by atoms with Gasteiger partial charge in [0.15, 0.2) is 6.23 Å². The summed E-state index contributed by atoms with van der Waals surface area (Å²) in [5.74, 6) is -3.40. The number of urea groups is 1. The van der Waals surface area contributed by atoms with Crippen molar-refractivity contribution in [3.05, 3.63) is 117 Å². The molecule has 58 heavy (non-hydrogen) atoms. The van der Waals surface area contributed by atoms with Gasteiger partial charge in [0.25, 0.3) is 5.56 Å². The maximum absolute atomic E-state index is 14.1. The number of H-pyrrole nitrogens is 1. The average molecular weight is 801 g/mol. The van der Waals surface area contributed by atoms with Crippen LogP contribution in [0.5, 0.6) is 0 Å². The fourth-order valence-electron chi connectivity index (χ4n) is 6.69. The van der Waals surface area contributed by atoms with E-state index in [1.165, 1.54) is 32.0 Å². The lowest BCUT2D eigenvalue weighted by Gasteiger charge is -2.34. The number of nitrogens with zero attached hydrogens (tertiary/aromatic N) is 2. The molecule has 0 spiro atoms. The second-order valence-electron chi connectivity index (χ2n) is 14.3. The van der Waals surface area contributed by atoms with Crippen LogP contribution in [0.1, 0.15) is 37.6 Å². The van der Waals surface area contributed by atoms with Gasteiger partial charge in [0.1, 0.15) is 24.2 Å². The predicted molar refractivity (Wildman–Crippen MR) is 211 cm³/mol. The number of aliphatic carboxylic acids is 1. The molecular formula is C40H48N8O10. The van der Waals surface area contributed by atoms with Crippen molar-refractivity contribution in [2.75, 3.05) is 13.6 Å². The summed E-state index contributed by atoms with van der Waals surface area (Å²) >= 11 is 0. The lowest BCUT2D eigenvalue weighted by atomic mass is 10.0. The molecule has 2 heterocycles. The number of aliphatic hydroxyl groups excluding tert-OH is 1. The van der Waals surface area contributed by atoms with Crippen molar-refractivity contribution in [1.29, 1.82) is 0 Å². The van der Waals surface area contributed by atoms with E-state index in [2.05, 4.69) is 26.3 Å². The number of rotatable bonds is 16. The summed E-state index contributed by atoms with van der Waals surface area (Å²) in [6.45, 7) is 2.81. The molecule has 18 nitrogen and oxygen atoms in total. The Morgan fingerprint density at radius 2 is 1.53 bits per heavy atom. The van der Waals surface area contributed by atoms with E-state index in [-0.39, 0.29) is 25.8 Å². The molecule has 0 unspecified atom stereocenters. The Hall–Kier alpha value is -6.37. The highest BCUT2D eigenvalue weighted by Crippen LogP contribution is 2.27. The maximum Gasteiger partial charge on any atom is 0.330 e. The molecule has 1 fully saturated rings. The highest BCUT2D eigenvalue weighted by molar-refractivity contribution is 5.93. The molecule has 1 saturated heterocycles. The molecule has 0 aliphatic carbocycles. The van der Waals surface area contributed by atoms with E-state index < -0.39 is 89.6 Å². The summed E-state index contributed by atoms with van der Waals surface area (Å²) in [6, 6.07) is 15.8. The minimum absolute atomic E-state index is 0.00253. The molecule has 0 radical (unpaired) electrons. The van der Waals surface area contributed by atoms with E-state index in [0.29, 0.717) is 11.1 Å². The first-order valence-corrected chi connectivity index (χ1v) is 18.7. The summed E-state index contributed by atoms with van der Waals surface area (Å²) < 4.78 is 6.85. The third-order valence-electron chi connectivity index (χ3n) is 9.97. The van der Waals surface area contributed by atoms with Crippen LogP contribution in [0.15, 0.2) is 94.6 Å². The molecule has 5 amide bonds. The molecule has 4 aromatic rings. The Kier molecular flexibility index (Phi) is 14.1. The number of aromatic amines is 1. The lowest BCUT2D eigenvalue weighted by molar-refractivity contribution is -0.139. The van der Waals surface area contributed by atoms with Crippen molar-refractivity contribution in [2.45, 2.75) is 81.8 Å². The Morgan fingerprint density at radius 3 is 2.21 bits per heavy atom. The highest BCUT2D eigenvalue weighted by Gasteiger charge is 2.38. The van der Waals surface area contributed by atoms with Gasteiger partial charge in [-0.3, -0.25) is 28.7 Å². The van der Waals surface area contributed by atoms with E-state index in [9.17, 15) is 43.8 Å². The van der Waals surface area contributed by atoms with Crippen LogP contribution >= 0.6 is 0 Å². The van der Waals surface area contributed by atoms with Crippen LogP contribution in [0.3, 0.4) is 0 Å². The van der Waals surface area contributed by atoms with Gasteiger partial charge in [-0.2, -0.15) is 0 Å². The lowest BCUT2D eigenvalue weighted by Crippen LogP contribution is -2.63. The molecule has 3 aromatic carbocycles. The number of carboxylic acid groups (broad SMARTS) is 1. The number of fused-ring (bicyclic) bond motifs is 1. The number of aliphatic hydroxyl groups is 1. The van der Waals surface area contributed by atoms with Crippen LogP contribution in [0.2, 0.25) is 0 Å². The Balaban J connectivity index is 1.32. The summed E-state index contributed by atoms with van der Waals surface area (Å²) in [6.07, 6.45) is -2.04. The third kappa shape index (κ3) is 10.9. The summed E-state index contributed by atoms with van der Waals surface area (Å²) in [5.41, 5.74) is 5.73. The van der Waals surface area contributed by atoms with Gasteiger partial charge >= 0.3 is 17.7 Å². The van der Waals surface area contributed by atoms with Crippen LogP contribution < -0.4 is 38.2 Å². The highest BCUT2D eigenvalue weighted by atomic mass is 16.5. The Morgan fingerprint density at radius 1 is 0.879 bits per heavy atom. The fraction of sp³-hybridized carbons (Fsp3) is 0.375. The van der Waals surface area contributed by atoms with Crippen LogP contribution in [-0.4, -0.2) is 110 Å². The topological polar surface area (TPSA) is 267 Å². The van der Waals surface area contributed by atoms with E-state index in [1.54, 1.807) is 36.4 Å². The average Bonchev–Trinajstić information content (AvgIpc) is 3.57. The number of hydrogen-bond acceptors (Lipinski definition) is 10. The molecule has 9 N–H and O–H groups in total. The van der Waals surface area contributed by atoms with E-state index in [1.807, 2.05) is 36.4 Å². The normalized spacial score (nSPS) is 18.9. The number of ether oxygens (including phenoxy) is 1. The van der Waals surface area contributed by atoms with Crippen molar-refractivity contribution in [1.82, 2.24) is 35.7 Å². The number of hydrogen-bond donors (Lipinski definition) is 8. The van der Waals surface area contributed by atoms with Gasteiger partial charge in [0, 0.05) is 45.1 Å². The Labute approximate surface area is 332 Å². The van der Waals surface area contributed by atoms with Gasteiger partial charge in [0.05, 0.1) is 18.2 Å². The number of aromatic nitrogens is 2. The predicted octanol–water partition coefficient (Wildman–Crippen LogP) is -0.260. The zero-order chi connectivity index (χ0) is 42.1. The molecule has 0 saturated carbocycles. The number of likely N-dealkylation sites (N-methyl/N-ethyl adjacent to an activating group) is 1. The van der Waals surface area contributed by atoms with Gasteiger partial charge < -0.3 is 46.9 Å². The molecular weight excluding hydrogens is 752 g/mol. The first-order chi connectivity index (χ1) is 27.6. The second kappa shape index (κ2) is 19.2. The molecule has 1 aromatic heterocycles. The van der Waals surface area contributed by atoms with Gasteiger partial charge in [-0.1, -0.05) is 72.8 Å². The molecule has 0 bridgehead atoms. The zero-order valence-electron chi connectivity index (χ0n) is 32.2. The molecule has 8 atom stereocenters. The van der Waals surface area contributed by atoms with Crippen molar-refractivity contribution >= 4 is 40.5 Å². The number of carbonyl (C=O) groups excluding carboxylic acids is 4. The van der Waals surface area contributed by atoms with Crippen LogP contribution in [0.4, 0.5) is 4.79 Å². The number of nitrogens with one attached hydrogen (secondary N) is 5. The van der Waals surface area contributed by atoms with Crippen molar-refractivity contribution in [3.63, 3.8) is 0 Å². The van der Waals surface area contributed by atoms with E-state index in [4.69, 9.17) is 10.5 Å². The minimum Gasteiger partial charge on any atom is -0.480 e. The van der Waals surface area contributed by atoms with Crippen LogP contribution in [0.25, 0.3) is 10.8 Å². The minimum atomic E-state index is -1.42. The first kappa shape index (κ1) is 42.8. The third-order valence-corrected chi connectivity index (χ3v) is 9.97. The summed E-state index contributed by atoms with van der Waals surface area (Å²) in [7, 11) is 1.42. The van der Waals surface area contributed by atoms with Gasteiger partial charge in [0.2, 0.25) is 17.7 Å². The number of nitrogens with two attached hydrogens (primary N) is 1. The van der Waals surface area contributed by atoms with Crippen LogP contribution in [0, 0.1) is 0 Å². The quantitative estimate of drug-likeness (QED) is 0.0732. The number of amides is 5. The number of carbonyl (C=O) groups is 5. The first-order valence-electron chi connectivity index (χ1n) is 18.7.